The molecule has 3 aliphatic rings. The van der Waals surface area contributed by atoms with Crippen molar-refractivity contribution in [2.45, 2.75) is 38.0 Å². The van der Waals surface area contributed by atoms with E-state index in [1.54, 1.807) is 36.1 Å². The number of likely N-dealkylation sites (tertiary alicyclic amines) is 1. The van der Waals surface area contributed by atoms with Crippen molar-refractivity contribution < 1.29 is 23.1 Å². The van der Waals surface area contributed by atoms with Gasteiger partial charge in [-0.25, -0.2) is 14.2 Å². The minimum Gasteiger partial charge on any atom is -0.451 e. The van der Waals surface area contributed by atoms with Crippen LogP contribution in [0.5, 0.6) is 11.5 Å². The molecular weight excluding hydrogens is 480 g/mol. The quantitative estimate of drug-likeness (QED) is 0.550. The molecule has 2 saturated heterocycles. The highest BCUT2D eigenvalue weighted by molar-refractivity contribution is 5.93. The molecule has 10 heteroatoms. The number of carbonyl (C=O) groups excluding carboxylic acids is 2. The standard InChI is InChI=1S/C27H27F2N5O3/c1-2-5-22(35)33-13-4-6-17(14-33)34-15-19(23-24(34)27(36)32-31-26(23)30)16-9-11-18(12-10-16)37-25-20(28)7-3-8-21(25)29/h3,7-12,15,17,23-24,26,31H,4,6,13-14,30H2,1H3,(H,32,36)/t17-,23?,24?,26?/m1/s1. The molecule has 2 aromatic rings. The molecule has 0 aliphatic carbocycles. The Morgan fingerprint density at radius 1 is 1.16 bits per heavy atom. The lowest BCUT2D eigenvalue weighted by molar-refractivity contribution is -0.132. The van der Waals surface area contributed by atoms with Crippen LogP contribution in [0, 0.1) is 29.4 Å². The van der Waals surface area contributed by atoms with Crippen molar-refractivity contribution in [2.75, 3.05) is 13.1 Å². The second-order valence-corrected chi connectivity index (χ2v) is 9.26. The lowest BCUT2D eigenvalue weighted by Crippen LogP contribution is -2.67. The van der Waals surface area contributed by atoms with Crippen LogP contribution in [0.3, 0.4) is 0 Å². The zero-order valence-electron chi connectivity index (χ0n) is 20.2. The summed E-state index contributed by atoms with van der Waals surface area (Å²) in [6, 6.07) is 9.67. The van der Waals surface area contributed by atoms with Crippen LogP contribution in [0.1, 0.15) is 25.3 Å². The lowest BCUT2D eigenvalue weighted by atomic mass is 9.86. The highest BCUT2D eigenvalue weighted by Gasteiger charge is 2.49. The molecule has 0 spiro atoms. The average molecular weight is 508 g/mol. The van der Waals surface area contributed by atoms with Crippen LogP contribution in [0.4, 0.5) is 8.78 Å². The summed E-state index contributed by atoms with van der Waals surface area (Å²) in [5, 5.41) is 0. The maximum Gasteiger partial charge on any atom is 0.298 e. The molecule has 192 valence electrons. The third-order valence-corrected chi connectivity index (χ3v) is 6.99. The Bertz CT molecular complexity index is 1280. The minimum atomic E-state index is -0.795. The smallest absolute Gasteiger partial charge is 0.298 e. The highest BCUT2D eigenvalue weighted by atomic mass is 19.1. The van der Waals surface area contributed by atoms with Gasteiger partial charge in [0.25, 0.3) is 11.8 Å². The first-order valence-corrected chi connectivity index (χ1v) is 12.1. The van der Waals surface area contributed by atoms with Crippen LogP contribution in [0.25, 0.3) is 5.57 Å². The van der Waals surface area contributed by atoms with Crippen molar-refractivity contribution in [1.82, 2.24) is 20.7 Å². The molecule has 0 saturated carbocycles. The van der Waals surface area contributed by atoms with Crippen LogP contribution in [-0.2, 0) is 9.59 Å². The normalized spacial score (nSPS) is 25.0. The number of piperidine rings is 1. The number of halogens is 2. The van der Waals surface area contributed by atoms with Gasteiger partial charge in [0.1, 0.15) is 11.8 Å². The average Bonchev–Trinajstić information content (AvgIpc) is 3.31. The van der Waals surface area contributed by atoms with E-state index in [2.05, 4.69) is 22.7 Å². The number of para-hydroxylation sites is 1. The number of nitrogens with two attached hydrogens (primary N) is 1. The van der Waals surface area contributed by atoms with E-state index in [-0.39, 0.29) is 29.5 Å². The Morgan fingerprint density at radius 2 is 1.89 bits per heavy atom. The van der Waals surface area contributed by atoms with Crippen LogP contribution < -0.4 is 21.3 Å². The topological polar surface area (TPSA) is 99.9 Å². The maximum absolute atomic E-state index is 14.0. The van der Waals surface area contributed by atoms with Crippen LogP contribution >= 0.6 is 0 Å². The van der Waals surface area contributed by atoms with Gasteiger partial charge in [0.05, 0.1) is 6.17 Å². The van der Waals surface area contributed by atoms with Gasteiger partial charge in [-0.3, -0.25) is 15.0 Å². The zero-order valence-corrected chi connectivity index (χ0v) is 20.2. The molecule has 2 fully saturated rings. The van der Waals surface area contributed by atoms with Crippen LogP contribution in [0.15, 0.2) is 48.7 Å². The van der Waals surface area contributed by atoms with E-state index in [0.29, 0.717) is 13.1 Å². The largest absolute Gasteiger partial charge is 0.451 e. The number of rotatable bonds is 4. The van der Waals surface area contributed by atoms with Crippen LogP contribution in [-0.4, -0.2) is 53.0 Å². The summed E-state index contributed by atoms with van der Waals surface area (Å²) < 4.78 is 33.4. The van der Waals surface area contributed by atoms with Crippen molar-refractivity contribution >= 4 is 17.4 Å². The summed E-state index contributed by atoms with van der Waals surface area (Å²) in [6.45, 7) is 2.71. The highest BCUT2D eigenvalue weighted by Crippen LogP contribution is 2.41. The molecule has 37 heavy (non-hydrogen) atoms. The Hall–Kier alpha value is -3.94. The third kappa shape index (κ3) is 4.75. The molecule has 3 unspecified atom stereocenters. The number of nitrogens with one attached hydrogen (secondary N) is 2. The number of benzene rings is 2. The molecule has 0 bridgehead atoms. The van der Waals surface area contributed by atoms with Crippen molar-refractivity contribution in [3.63, 3.8) is 0 Å². The number of ether oxygens (including phenoxy) is 1. The van der Waals surface area contributed by atoms with E-state index < -0.39 is 29.6 Å². The number of hydrazine groups is 1. The van der Waals surface area contributed by atoms with Gasteiger partial charge in [-0.05, 0) is 61.1 Å². The summed E-state index contributed by atoms with van der Waals surface area (Å²) in [5.41, 5.74) is 13.6. The van der Waals surface area contributed by atoms with Gasteiger partial charge in [-0.2, -0.15) is 0 Å². The molecule has 3 heterocycles. The van der Waals surface area contributed by atoms with E-state index in [1.807, 2.05) is 11.1 Å². The SMILES string of the molecule is CC#CC(=O)N1CCC[C@@H](N2C=C(c3ccc(Oc4c(F)cccc4F)cc3)C3C(N)NNC(=O)C32)C1. The molecule has 2 amide bonds. The molecule has 0 aromatic heterocycles. The third-order valence-electron chi connectivity index (χ3n) is 6.99. The van der Waals surface area contributed by atoms with Gasteiger partial charge in [0.2, 0.25) is 0 Å². The number of nitrogens with zero attached hydrogens (tertiary/aromatic N) is 2. The molecule has 3 aliphatic heterocycles. The maximum atomic E-state index is 14.0. The number of amides is 2. The number of carbonyl (C=O) groups is 2. The summed E-state index contributed by atoms with van der Waals surface area (Å²) in [6.07, 6.45) is 3.00. The van der Waals surface area contributed by atoms with Gasteiger partial charge in [0.15, 0.2) is 17.4 Å². The Balaban J connectivity index is 1.43. The Labute approximate surface area is 213 Å². The summed E-state index contributed by atoms with van der Waals surface area (Å²) in [5.74, 6) is 2.67. The fourth-order valence-electron chi connectivity index (χ4n) is 5.27. The van der Waals surface area contributed by atoms with Crippen molar-refractivity contribution in [2.24, 2.45) is 11.7 Å². The van der Waals surface area contributed by atoms with Crippen molar-refractivity contribution in [1.29, 1.82) is 0 Å². The van der Waals surface area contributed by atoms with Gasteiger partial charge < -0.3 is 20.3 Å². The summed E-state index contributed by atoms with van der Waals surface area (Å²) in [4.78, 5) is 29.1. The zero-order chi connectivity index (χ0) is 26.1. The summed E-state index contributed by atoms with van der Waals surface area (Å²) in [7, 11) is 0. The van der Waals surface area contributed by atoms with Crippen molar-refractivity contribution in [3.8, 4) is 23.3 Å². The molecule has 4 N–H and O–H groups in total. The molecule has 8 nitrogen and oxygen atoms in total. The van der Waals surface area contributed by atoms with E-state index in [1.165, 1.54) is 6.07 Å². The van der Waals surface area contributed by atoms with Crippen LogP contribution in [0.2, 0.25) is 0 Å². The van der Waals surface area contributed by atoms with Gasteiger partial charge in [-0.15, -0.1) is 0 Å². The van der Waals surface area contributed by atoms with E-state index >= 15 is 0 Å². The predicted octanol–water partition coefficient (Wildman–Crippen LogP) is 2.33. The van der Waals surface area contributed by atoms with Gasteiger partial charge in [0, 0.05) is 31.2 Å². The Kier molecular flexibility index (Phi) is 6.82. The Morgan fingerprint density at radius 3 is 2.59 bits per heavy atom. The minimum absolute atomic E-state index is 0.0796. The molecule has 4 atom stereocenters. The first-order chi connectivity index (χ1) is 17.9. The first kappa shape index (κ1) is 24.7. The number of fused-ring (bicyclic) bond motifs is 1. The summed E-state index contributed by atoms with van der Waals surface area (Å²) >= 11 is 0. The molecule has 5 rings (SSSR count). The van der Waals surface area contributed by atoms with E-state index in [0.717, 1.165) is 36.1 Å². The fraction of sp³-hybridized carbons (Fsp3) is 0.333. The first-order valence-electron chi connectivity index (χ1n) is 12.1. The second kappa shape index (κ2) is 10.2. The van der Waals surface area contributed by atoms with Gasteiger partial charge in [-0.1, -0.05) is 24.1 Å². The lowest BCUT2D eigenvalue weighted by Gasteiger charge is -2.43. The number of hydrogen-bond acceptors (Lipinski definition) is 6. The van der Waals surface area contributed by atoms with Gasteiger partial charge >= 0.3 is 0 Å². The predicted molar refractivity (Wildman–Crippen MR) is 132 cm³/mol. The molecule has 0 radical (unpaired) electrons. The van der Waals surface area contributed by atoms with Crippen molar-refractivity contribution in [3.05, 3.63) is 65.9 Å². The second-order valence-electron chi connectivity index (χ2n) is 9.26. The number of hydrogen-bond donors (Lipinski definition) is 3. The van der Waals surface area contributed by atoms with E-state index in [4.69, 9.17) is 10.5 Å². The van der Waals surface area contributed by atoms with E-state index in [9.17, 15) is 18.4 Å². The fourth-order valence-corrected chi connectivity index (χ4v) is 5.27. The molecule has 2 aromatic carbocycles. The monoisotopic (exact) mass is 507 g/mol. The molecular formula is C27H27F2N5O3.